The fourth-order valence-electron chi connectivity index (χ4n) is 3.04. The molecule has 3 rings (SSSR count). The SMILES string of the molecule is CCOC(=O)N1CCN(Cc2cc3[nH]c(=O)c(=O)[nH]c3cc2[N+](=O)[O-])CC1. The minimum absolute atomic E-state index is 0.141. The van der Waals surface area contributed by atoms with Crippen LogP contribution in [0.25, 0.3) is 11.0 Å². The normalized spacial score (nSPS) is 15.1. The average Bonchev–Trinajstić information content (AvgIpc) is 2.63. The smallest absolute Gasteiger partial charge is 0.409 e. The van der Waals surface area contributed by atoms with E-state index in [4.69, 9.17) is 4.74 Å². The maximum Gasteiger partial charge on any atom is 0.409 e. The summed E-state index contributed by atoms with van der Waals surface area (Å²) in [4.78, 5) is 53.9. The summed E-state index contributed by atoms with van der Waals surface area (Å²) >= 11 is 0. The molecule has 0 atom stereocenters. The lowest BCUT2D eigenvalue weighted by atomic mass is 10.1. The summed E-state index contributed by atoms with van der Waals surface area (Å²) in [5.74, 6) is 0. The van der Waals surface area contributed by atoms with Crippen molar-refractivity contribution in [2.75, 3.05) is 32.8 Å². The van der Waals surface area contributed by atoms with E-state index in [0.29, 0.717) is 43.9 Å². The lowest BCUT2D eigenvalue weighted by Gasteiger charge is -2.33. The van der Waals surface area contributed by atoms with E-state index in [9.17, 15) is 24.5 Å². The Hall–Kier alpha value is -3.21. The van der Waals surface area contributed by atoms with Crippen LogP contribution >= 0.6 is 0 Å². The van der Waals surface area contributed by atoms with Gasteiger partial charge in [0.15, 0.2) is 0 Å². The molecule has 1 fully saturated rings. The first-order valence-corrected chi connectivity index (χ1v) is 8.46. The Kier molecular flexibility index (Phi) is 5.21. The Labute approximate surface area is 152 Å². The van der Waals surface area contributed by atoms with Gasteiger partial charge in [-0.3, -0.25) is 24.6 Å². The minimum Gasteiger partial charge on any atom is -0.450 e. The highest BCUT2D eigenvalue weighted by Crippen LogP contribution is 2.24. The molecule has 0 aliphatic carbocycles. The first kappa shape index (κ1) is 18.6. The van der Waals surface area contributed by atoms with Crippen molar-refractivity contribution in [3.05, 3.63) is 48.5 Å². The van der Waals surface area contributed by atoms with Gasteiger partial charge in [-0.25, -0.2) is 4.79 Å². The molecule has 2 aromatic rings. The van der Waals surface area contributed by atoms with Gasteiger partial charge in [-0.15, -0.1) is 0 Å². The molecule has 0 spiro atoms. The number of benzene rings is 1. The van der Waals surface area contributed by atoms with Gasteiger partial charge in [0.25, 0.3) is 5.69 Å². The van der Waals surface area contributed by atoms with Crippen LogP contribution < -0.4 is 11.1 Å². The summed E-state index contributed by atoms with van der Waals surface area (Å²) in [6.07, 6.45) is -0.365. The van der Waals surface area contributed by atoms with Crippen molar-refractivity contribution in [3.63, 3.8) is 0 Å². The van der Waals surface area contributed by atoms with Crippen LogP contribution in [-0.2, 0) is 11.3 Å². The summed E-state index contributed by atoms with van der Waals surface area (Å²) in [6, 6.07) is 2.75. The molecule has 0 unspecified atom stereocenters. The largest absolute Gasteiger partial charge is 0.450 e. The zero-order chi connectivity index (χ0) is 19.6. The van der Waals surface area contributed by atoms with Crippen molar-refractivity contribution < 1.29 is 14.5 Å². The van der Waals surface area contributed by atoms with E-state index >= 15 is 0 Å². The number of rotatable bonds is 4. The number of carbonyl (C=O) groups is 1. The quantitative estimate of drug-likeness (QED) is 0.446. The summed E-state index contributed by atoms with van der Waals surface area (Å²) < 4.78 is 4.97. The van der Waals surface area contributed by atoms with Gasteiger partial charge in [0.2, 0.25) is 0 Å². The summed E-state index contributed by atoms with van der Waals surface area (Å²) in [7, 11) is 0. The van der Waals surface area contributed by atoms with E-state index in [1.165, 1.54) is 12.1 Å². The van der Waals surface area contributed by atoms with Crippen LogP contribution in [0.1, 0.15) is 12.5 Å². The Morgan fingerprint density at radius 2 is 1.74 bits per heavy atom. The molecule has 1 aromatic heterocycles. The van der Waals surface area contributed by atoms with Gasteiger partial charge in [-0.1, -0.05) is 0 Å². The van der Waals surface area contributed by atoms with Crippen LogP contribution in [0.5, 0.6) is 0 Å². The average molecular weight is 377 g/mol. The molecule has 27 heavy (non-hydrogen) atoms. The summed E-state index contributed by atoms with van der Waals surface area (Å²) in [6.45, 7) is 4.33. The zero-order valence-corrected chi connectivity index (χ0v) is 14.7. The molecule has 1 aliphatic heterocycles. The van der Waals surface area contributed by atoms with E-state index in [1.807, 2.05) is 4.90 Å². The number of hydrogen-bond acceptors (Lipinski definition) is 7. The van der Waals surface area contributed by atoms with Crippen LogP contribution in [0.4, 0.5) is 10.5 Å². The van der Waals surface area contributed by atoms with Gasteiger partial charge in [-0.05, 0) is 13.0 Å². The molecule has 1 saturated heterocycles. The van der Waals surface area contributed by atoms with E-state index in [-0.39, 0.29) is 23.8 Å². The van der Waals surface area contributed by atoms with Gasteiger partial charge in [0.05, 0.1) is 22.6 Å². The lowest BCUT2D eigenvalue weighted by Crippen LogP contribution is -2.48. The first-order chi connectivity index (χ1) is 12.9. The van der Waals surface area contributed by atoms with E-state index in [2.05, 4.69) is 9.97 Å². The van der Waals surface area contributed by atoms with Crippen molar-refractivity contribution >= 4 is 22.8 Å². The van der Waals surface area contributed by atoms with Gasteiger partial charge >= 0.3 is 17.2 Å². The lowest BCUT2D eigenvalue weighted by molar-refractivity contribution is -0.385. The van der Waals surface area contributed by atoms with Crippen molar-refractivity contribution in [1.29, 1.82) is 0 Å². The number of nitrogens with one attached hydrogen (secondary N) is 2. The molecule has 1 amide bonds. The number of carbonyl (C=O) groups excluding carboxylic acids is 1. The fraction of sp³-hybridized carbons (Fsp3) is 0.438. The Bertz CT molecular complexity index is 989. The minimum atomic E-state index is -0.861. The standard InChI is InChI=1S/C16H19N5O6/c1-2-27-16(24)20-5-3-19(4-6-20)9-10-7-11-12(8-13(10)21(25)26)18-15(23)14(22)17-11/h7-8H,2-6,9H2,1H3,(H,17,22)(H,18,23). The third kappa shape index (κ3) is 3.97. The molecular weight excluding hydrogens is 358 g/mol. The second-order valence-electron chi connectivity index (χ2n) is 6.15. The molecule has 0 bridgehead atoms. The number of piperazine rings is 1. The highest BCUT2D eigenvalue weighted by molar-refractivity contribution is 5.78. The van der Waals surface area contributed by atoms with Crippen LogP contribution in [-0.4, -0.2) is 63.6 Å². The fourth-order valence-corrected chi connectivity index (χ4v) is 3.04. The van der Waals surface area contributed by atoms with Crippen LogP contribution in [0.15, 0.2) is 21.7 Å². The van der Waals surface area contributed by atoms with E-state index < -0.39 is 16.0 Å². The van der Waals surface area contributed by atoms with Crippen molar-refractivity contribution in [2.45, 2.75) is 13.5 Å². The molecule has 1 aliphatic rings. The molecule has 0 saturated carbocycles. The highest BCUT2D eigenvalue weighted by Gasteiger charge is 2.24. The number of nitro benzene ring substituents is 1. The molecule has 11 heteroatoms. The van der Waals surface area contributed by atoms with E-state index in [0.717, 1.165) is 0 Å². The number of ether oxygens (including phenoxy) is 1. The molecule has 2 N–H and O–H groups in total. The van der Waals surface area contributed by atoms with Crippen molar-refractivity contribution in [1.82, 2.24) is 19.8 Å². The van der Waals surface area contributed by atoms with Gasteiger partial charge in [-0.2, -0.15) is 0 Å². The predicted molar refractivity (Wildman–Crippen MR) is 95.7 cm³/mol. The summed E-state index contributed by atoms with van der Waals surface area (Å²) in [5.41, 5.74) is -0.879. The second kappa shape index (κ2) is 7.58. The third-order valence-corrected chi connectivity index (χ3v) is 4.41. The molecule has 11 nitrogen and oxygen atoms in total. The number of nitro groups is 1. The monoisotopic (exact) mass is 377 g/mol. The Morgan fingerprint density at radius 3 is 2.30 bits per heavy atom. The van der Waals surface area contributed by atoms with Gasteiger partial charge < -0.3 is 19.6 Å². The highest BCUT2D eigenvalue weighted by atomic mass is 16.6. The number of fused-ring (bicyclic) bond motifs is 1. The first-order valence-electron chi connectivity index (χ1n) is 8.46. The number of nitrogens with zero attached hydrogens (tertiary/aromatic N) is 3. The number of aromatic amines is 2. The van der Waals surface area contributed by atoms with Crippen LogP contribution in [0.3, 0.4) is 0 Å². The van der Waals surface area contributed by atoms with Gasteiger partial charge in [0, 0.05) is 44.4 Å². The molecular formula is C16H19N5O6. The molecule has 0 radical (unpaired) electrons. The Morgan fingerprint density at radius 1 is 1.15 bits per heavy atom. The van der Waals surface area contributed by atoms with Crippen molar-refractivity contribution in [2.24, 2.45) is 0 Å². The summed E-state index contributed by atoms with van der Waals surface area (Å²) in [5, 5.41) is 11.4. The maximum atomic E-state index is 11.7. The maximum absolute atomic E-state index is 11.7. The number of H-pyrrole nitrogens is 2. The topological polar surface area (TPSA) is 142 Å². The third-order valence-electron chi connectivity index (χ3n) is 4.41. The number of aromatic nitrogens is 2. The molecule has 144 valence electrons. The Balaban J connectivity index is 1.82. The van der Waals surface area contributed by atoms with Crippen LogP contribution in [0, 0.1) is 10.1 Å². The van der Waals surface area contributed by atoms with E-state index in [1.54, 1.807) is 11.8 Å². The zero-order valence-electron chi connectivity index (χ0n) is 14.7. The number of hydrogen-bond donors (Lipinski definition) is 2. The van der Waals surface area contributed by atoms with Crippen molar-refractivity contribution in [3.8, 4) is 0 Å². The molecule has 2 heterocycles. The van der Waals surface area contributed by atoms with Gasteiger partial charge in [0.1, 0.15) is 0 Å². The molecule has 1 aromatic carbocycles. The number of amides is 1. The second-order valence-corrected chi connectivity index (χ2v) is 6.15. The predicted octanol–water partition coefficient (Wildman–Crippen LogP) is 0.399. The van der Waals surface area contributed by atoms with Crippen LogP contribution in [0.2, 0.25) is 0 Å².